The third-order valence-electron chi connectivity index (χ3n) is 5.35. The molecule has 6 nitrogen and oxygen atoms in total. The van der Waals surface area contributed by atoms with Crippen LogP contribution in [0.3, 0.4) is 0 Å². The van der Waals surface area contributed by atoms with Crippen molar-refractivity contribution in [3.8, 4) is 11.5 Å². The molecule has 0 aliphatic carbocycles. The van der Waals surface area contributed by atoms with E-state index in [4.69, 9.17) is 9.47 Å². The molecule has 1 unspecified atom stereocenters. The highest BCUT2D eigenvalue weighted by atomic mass is 35.5. The number of methoxy groups -OCH3 is 2. The topological polar surface area (TPSA) is 54.0 Å². The first-order valence-corrected chi connectivity index (χ1v) is 9.10. The Balaban J connectivity index is 0.00000243. The molecule has 2 saturated heterocycles. The number of hydrogen-bond donors (Lipinski definition) is 1. The number of carbonyl (C=O) groups is 1. The summed E-state index contributed by atoms with van der Waals surface area (Å²) in [5.41, 5.74) is 1.07. The third kappa shape index (κ3) is 4.42. The molecule has 0 bridgehead atoms. The molecule has 26 heavy (non-hydrogen) atoms. The number of piperazine rings is 1. The largest absolute Gasteiger partial charge is 0.497 e. The molecule has 2 aliphatic heterocycles. The highest BCUT2D eigenvalue weighted by Crippen LogP contribution is 2.38. The van der Waals surface area contributed by atoms with Gasteiger partial charge in [0.2, 0.25) is 5.91 Å². The number of carbonyl (C=O) groups excluding carboxylic acids is 1. The minimum absolute atomic E-state index is 0. The second kappa shape index (κ2) is 9.44. The SMILES string of the molecule is COc1ccc(C2CCCN2C(=O)CN2CCNC[C@H]2C)c(OC)c1.Cl. The minimum Gasteiger partial charge on any atom is -0.497 e. The van der Waals surface area contributed by atoms with Crippen molar-refractivity contribution in [1.82, 2.24) is 15.1 Å². The van der Waals surface area contributed by atoms with E-state index in [-0.39, 0.29) is 24.4 Å². The monoisotopic (exact) mass is 383 g/mol. The molecule has 3 rings (SSSR count). The van der Waals surface area contributed by atoms with E-state index in [9.17, 15) is 4.79 Å². The summed E-state index contributed by atoms with van der Waals surface area (Å²) in [4.78, 5) is 17.3. The quantitative estimate of drug-likeness (QED) is 0.843. The van der Waals surface area contributed by atoms with Gasteiger partial charge in [-0.3, -0.25) is 9.69 Å². The van der Waals surface area contributed by atoms with Crippen LogP contribution in [0.25, 0.3) is 0 Å². The van der Waals surface area contributed by atoms with Crippen LogP contribution < -0.4 is 14.8 Å². The van der Waals surface area contributed by atoms with E-state index in [0.717, 1.165) is 56.1 Å². The van der Waals surface area contributed by atoms with E-state index in [1.807, 2.05) is 23.1 Å². The Morgan fingerprint density at radius 2 is 2.08 bits per heavy atom. The first kappa shape index (κ1) is 20.8. The van der Waals surface area contributed by atoms with Crippen LogP contribution in [0.5, 0.6) is 11.5 Å². The number of likely N-dealkylation sites (tertiary alicyclic amines) is 1. The normalized spacial score (nSPS) is 23.4. The summed E-state index contributed by atoms with van der Waals surface area (Å²) < 4.78 is 10.8. The maximum absolute atomic E-state index is 13.0. The van der Waals surface area contributed by atoms with Gasteiger partial charge in [-0.05, 0) is 31.9 Å². The molecular weight excluding hydrogens is 354 g/mol. The van der Waals surface area contributed by atoms with Gasteiger partial charge in [0.1, 0.15) is 11.5 Å². The second-order valence-electron chi connectivity index (χ2n) is 6.88. The number of hydrogen-bond acceptors (Lipinski definition) is 5. The summed E-state index contributed by atoms with van der Waals surface area (Å²) in [6.07, 6.45) is 2.01. The van der Waals surface area contributed by atoms with Gasteiger partial charge in [-0.25, -0.2) is 0 Å². The van der Waals surface area contributed by atoms with E-state index < -0.39 is 0 Å². The van der Waals surface area contributed by atoms with Crippen LogP contribution >= 0.6 is 12.4 Å². The molecular formula is C19H30ClN3O3. The van der Waals surface area contributed by atoms with Gasteiger partial charge >= 0.3 is 0 Å². The number of ether oxygens (including phenoxy) is 2. The van der Waals surface area contributed by atoms with Crippen molar-refractivity contribution < 1.29 is 14.3 Å². The Morgan fingerprint density at radius 1 is 1.27 bits per heavy atom. The Labute approximate surface area is 162 Å². The van der Waals surface area contributed by atoms with E-state index in [1.54, 1.807) is 14.2 Å². The highest BCUT2D eigenvalue weighted by Gasteiger charge is 2.33. The molecule has 2 aliphatic rings. The molecule has 0 aromatic heterocycles. The summed E-state index contributed by atoms with van der Waals surface area (Å²) >= 11 is 0. The summed E-state index contributed by atoms with van der Waals surface area (Å²) in [6.45, 7) is 6.32. The van der Waals surface area contributed by atoms with Gasteiger partial charge < -0.3 is 19.7 Å². The van der Waals surface area contributed by atoms with Gasteiger partial charge in [0.25, 0.3) is 0 Å². The fraction of sp³-hybridized carbons (Fsp3) is 0.632. The number of nitrogens with one attached hydrogen (secondary N) is 1. The number of benzene rings is 1. The van der Waals surface area contributed by atoms with Crippen LogP contribution in [-0.2, 0) is 4.79 Å². The van der Waals surface area contributed by atoms with Crippen molar-refractivity contribution >= 4 is 18.3 Å². The van der Waals surface area contributed by atoms with Crippen molar-refractivity contribution in [3.63, 3.8) is 0 Å². The summed E-state index contributed by atoms with van der Waals surface area (Å²) in [6, 6.07) is 6.36. The number of halogens is 1. The first-order chi connectivity index (χ1) is 12.1. The van der Waals surface area contributed by atoms with Crippen molar-refractivity contribution in [1.29, 1.82) is 0 Å². The molecule has 2 heterocycles. The van der Waals surface area contributed by atoms with Crippen LogP contribution in [0.15, 0.2) is 18.2 Å². The predicted octanol–water partition coefficient (Wildman–Crippen LogP) is 2.08. The average Bonchev–Trinajstić information content (AvgIpc) is 3.12. The molecule has 1 aromatic rings. The van der Waals surface area contributed by atoms with Crippen LogP contribution in [0.4, 0.5) is 0 Å². The zero-order chi connectivity index (χ0) is 17.8. The summed E-state index contributed by atoms with van der Waals surface area (Å²) in [5.74, 6) is 1.78. The van der Waals surface area contributed by atoms with E-state index in [0.29, 0.717) is 12.6 Å². The Bertz CT molecular complexity index is 614. The molecule has 7 heteroatoms. The summed E-state index contributed by atoms with van der Waals surface area (Å²) in [7, 11) is 3.32. The molecule has 0 spiro atoms. The fourth-order valence-corrected chi connectivity index (χ4v) is 3.86. The highest BCUT2D eigenvalue weighted by molar-refractivity contribution is 5.85. The molecule has 0 radical (unpaired) electrons. The molecule has 0 saturated carbocycles. The van der Waals surface area contributed by atoms with E-state index in [1.165, 1.54) is 0 Å². The number of nitrogens with zero attached hydrogens (tertiary/aromatic N) is 2. The molecule has 2 atom stereocenters. The Kier molecular flexibility index (Phi) is 7.55. The second-order valence-corrected chi connectivity index (χ2v) is 6.88. The van der Waals surface area contributed by atoms with Crippen molar-refractivity contribution in [2.24, 2.45) is 0 Å². The fourth-order valence-electron chi connectivity index (χ4n) is 3.86. The maximum Gasteiger partial charge on any atom is 0.237 e. The Hall–Kier alpha value is -1.50. The zero-order valence-electron chi connectivity index (χ0n) is 15.9. The van der Waals surface area contributed by atoms with E-state index in [2.05, 4.69) is 17.1 Å². The number of rotatable bonds is 5. The van der Waals surface area contributed by atoms with Gasteiger partial charge in [-0.1, -0.05) is 0 Å². The summed E-state index contributed by atoms with van der Waals surface area (Å²) in [5, 5.41) is 3.37. The van der Waals surface area contributed by atoms with Crippen LogP contribution in [0.1, 0.15) is 31.4 Å². The van der Waals surface area contributed by atoms with Crippen molar-refractivity contribution in [2.75, 3.05) is 46.9 Å². The maximum atomic E-state index is 13.0. The number of amides is 1. The Morgan fingerprint density at radius 3 is 2.77 bits per heavy atom. The molecule has 1 aromatic carbocycles. The standard InChI is InChI=1S/C19H29N3O3.ClH/c1-14-12-20-8-10-21(14)13-19(23)22-9-4-5-17(22)16-7-6-15(24-2)11-18(16)25-3;/h6-7,11,14,17,20H,4-5,8-10,12-13H2,1-3H3;1H/t14-,17?;/m1./s1. The van der Waals surface area contributed by atoms with Gasteiger partial charge in [0.05, 0.1) is 26.8 Å². The van der Waals surface area contributed by atoms with Gasteiger partial charge in [0.15, 0.2) is 0 Å². The van der Waals surface area contributed by atoms with Gasteiger partial charge in [0, 0.05) is 43.9 Å². The molecule has 1 amide bonds. The van der Waals surface area contributed by atoms with E-state index >= 15 is 0 Å². The lowest BCUT2D eigenvalue weighted by molar-refractivity contribution is -0.134. The lowest BCUT2D eigenvalue weighted by Gasteiger charge is -2.35. The first-order valence-electron chi connectivity index (χ1n) is 9.10. The lowest BCUT2D eigenvalue weighted by Crippen LogP contribution is -2.53. The van der Waals surface area contributed by atoms with Gasteiger partial charge in [-0.15, -0.1) is 12.4 Å². The van der Waals surface area contributed by atoms with Crippen LogP contribution in [-0.4, -0.2) is 68.7 Å². The molecule has 2 fully saturated rings. The van der Waals surface area contributed by atoms with Gasteiger partial charge in [-0.2, -0.15) is 0 Å². The predicted molar refractivity (Wildman–Crippen MR) is 104 cm³/mol. The minimum atomic E-state index is 0. The third-order valence-corrected chi connectivity index (χ3v) is 5.35. The van der Waals surface area contributed by atoms with Crippen molar-refractivity contribution in [3.05, 3.63) is 23.8 Å². The zero-order valence-corrected chi connectivity index (χ0v) is 16.7. The lowest BCUT2D eigenvalue weighted by atomic mass is 10.0. The van der Waals surface area contributed by atoms with Crippen LogP contribution in [0, 0.1) is 0 Å². The molecule has 1 N–H and O–H groups in total. The average molecular weight is 384 g/mol. The van der Waals surface area contributed by atoms with Crippen LogP contribution in [0.2, 0.25) is 0 Å². The molecule has 146 valence electrons. The smallest absolute Gasteiger partial charge is 0.237 e. The van der Waals surface area contributed by atoms with Crippen molar-refractivity contribution in [2.45, 2.75) is 31.8 Å².